The van der Waals surface area contributed by atoms with Crippen LogP contribution in [0.5, 0.6) is 0 Å². The Morgan fingerprint density at radius 3 is 2.35 bits per heavy atom. The zero-order chi connectivity index (χ0) is 13.2. The van der Waals surface area contributed by atoms with Gasteiger partial charge in [0.1, 0.15) is 21.3 Å². The minimum Gasteiger partial charge on any atom is -0.456 e. The molecule has 0 atom stereocenters. The van der Waals surface area contributed by atoms with Crippen molar-refractivity contribution in [2.75, 3.05) is 6.26 Å². The van der Waals surface area contributed by atoms with E-state index in [0.29, 0.717) is 5.03 Å². The van der Waals surface area contributed by atoms with Crippen LogP contribution in [0.15, 0.2) is 5.03 Å². The van der Waals surface area contributed by atoms with Crippen LogP contribution in [-0.4, -0.2) is 27.8 Å². The van der Waals surface area contributed by atoms with Gasteiger partial charge in [0.2, 0.25) is 5.28 Å². The number of nitrogens with zero attached hydrogens (tertiary/aromatic N) is 2. The number of esters is 1. The lowest BCUT2D eigenvalue weighted by molar-refractivity contribution is 0.00644. The molecule has 0 spiro atoms. The van der Waals surface area contributed by atoms with Crippen molar-refractivity contribution < 1.29 is 9.53 Å². The summed E-state index contributed by atoms with van der Waals surface area (Å²) in [5, 5.41) is 0.416. The molecule has 0 bridgehead atoms. The molecule has 0 aliphatic rings. The lowest BCUT2D eigenvalue weighted by Gasteiger charge is -2.20. The Bertz CT molecular complexity index is 447. The topological polar surface area (TPSA) is 52.1 Å². The fraction of sp³-hybridized carbons (Fsp3) is 0.500. The third-order valence-corrected chi connectivity index (χ3v) is 2.73. The maximum atomic E-state index is 11.9. The molecule has 1 heterocycles. The average molecular weight is 295 g/mol. The van der Waals surface area contributed by atoms with Crippen LogP contribution in [0.1, 0.15) is 31.1 Å². The summed E-state index contributed by atoms with van der Waals surface area (Å²) in [6, 6.07) is 0. The van der Waals surface area contributed by atoms with E-state index in [1.165, 1.54) is 11.8 Å². The molecule has 0 aliphatic heterocycles. The van der Waals surface area contributed by atoms with Crippen molar-refractivity contribution in [1.82, 2.24) is 9.97 Å². The molecular weight excluding hydrogens is 283 g/mol. The van der Waals surface area contributed by atoms with Crippen molar-refractivity contribution in [3.05, 3.63) is 16.0 Å². The Labute approximate surface area is 114 Å². The van der Waals surface area contributed by atoms with Crippen LogP contribution in [0, 0.1) is 0 Å². The van der Waals surface area contributed by atoms with E-state index in [4.69, 9.17) is 27.9 Å². The van der Waals surface area contributed by atoms with E-state index in [2.05, 4.69) is 9.97 Å². The summed E-state index contributed by atoms with van der Waals surface area (Å²) < 4.78 is 5.23. The first-order valence-corrected chi connectivity index (χ1v) is 6.73. The fourth-order valence-electron chi connectivity index (χ4n) is 1.04. The monoisotopic (exact) mass is 294 g/mol. The van der Waals surface area contributed by atoms with Crippen molar-refractivity contribution in [1.29, 1.82) is 0 Å². The summed E-state index contributed by atoms with van der Waals surface area (Å²) in [7, 11) is 0. The Kier molecular flexibility index (Phi) is 4.63. The number of hydrogen-bond acceptors (Lipinski definition) is 5. The van der Waals surface area contributed by atoms with Crippen molar-refractivity contribution in [2.24, 2.45) is 0 Å². The highest BCUT2D eigenvalue weighted by atomic mass is 35.5. The van der Waals surface area contributed by atoms with Gasteiger partial charge < -0.3 is 4.74 Å². The summed E-state index contributed by atoms with van der Waals surface area (Å²) in [5.41, 5.74) is -0.450. The van der Waals surface area contributed by atoms with Crippen LogP contribution in [0.3, 0.4) is 0 Å². The third kappa shape index (κ3) is 4.01. The molecule has 0 N–H and O–H groups in total. The molecule has 0 fully saturated rings. The van der Waals surface area contributed by atoms with Crippen molar-refractivity contribution >= 4 is 40.9 Å². The Balaban J connectivity index is 3.17. The van der Waals surface area contributed by atoms with Crippen LogP contribution < -0.4 is 0 Å². The molecule has 0 aromatic carbocycles. The van der Waals surface area contributed by atoms with Crippen LogP contribution in [0.25, 0.3) is 0 Å². The second-order valence-corrected chi connectivity index (χ2v) is 5.66. The molecule has 17 heavy (non-hydrogen) atoms. The van der Waals surface area contributed by atoms with E-state index in [1.807, 2.05) is 0 Å². The van der Waals surface area contributed by atoms with Crippen LogP contribution in [0.2, 0.25) is 10.4 Å². The van der Waals surface area contributed by atoms with Gasteiger partial charge in [0.05, 0.1) is 0 Å². The van der Waals surface area contributed by atoms with Crippen molar-refractivity contribution in [3.8, 4) is 0 Å². The highest BCUT2D eigenvalue weighted by molar-refractivity contribution is 7.98. The quantitative estimate of drug-likeness (QED) is 0.362. The number of aromatic nitrogens is 2. The predicted octanol–water partition coefficient (Wildman–Crippen LogP) is 3.46. The Hall–Kier alpha value is -0.520. The predicted molar refractivity (Wildman–Crippen MR) is 69.0 cm³/mol. The summed E-state index contributed by atoms with van der Waals surface area (Å²) >= 11 is 12.8. The van der Waals surface area contributed by atoms with E-state index < -0.39 is 11.6 Å². The first-order valence-electron chi connectivity index (χ1n) is 4.75. The molecule has 94 valence electrons. The van der Waals surface area contributed by atoms with Gasteiger partial charge in [0.25, 0.3) is 0 Å². The molecule has 7 heteroatoms. The van der Waals surface area contributed by atoms with Crippen LogP contribution in [-0.2, 0) is 4.74 Å². The van der Waals surface area contributed by atoms with Gasteiger partial charge in [-0.1, -0.05) is 11.6 Å². The highest BCUT2D eigenvalue weighted by Crippen LogP contribution is 2.27. The van der Waals surface area contributed by atoms with Crippen LogP contribution >= 0.6 is 35.0 Å². The Morgan fingerprint density at radius 1 is 1.29 bits per heavy atom. The first-order chi connectivity index (χ1) is 7.74. The molecule has 0 saturated heterocycles. The molecule has 1 aromatic rings. The van der Waals surface area contributed by atoms with Gasteiger partial charge in [-0.05, 0) is 38.6 Å². The fourth-order valence-corrected chi connectivity index (χ4v) is 2.17. The lowest BCUT2D eigenvalue weighted by atomic mass is 10.2. The lowest BCUT2D eigenvalue weighted by Crippen LogP contribution is -2.24. The number of halogens is 2. The first kappa shape index (κ1) is 14.5. The molecule has 0 radical (unpaired) electrons. The standard InChI is InChI=1S/C10H12Cl2N2O2S/c1-10(2,3)16-8(15)5-6(11)13-9(12)14-7(5)17-4/h1-4H3. The minimum absolute atomic E-state index is 0.00333. The minimum atomic E-state index is -0.601. The number of ether oxygens (including phenoxy) is 1. The number of rotatable bonds is 2. The zero-order valence-electron chi connectivity index (χ0n) is 9.88. The van der Waals surface area contributed by atoms with Gasteiger partial charge in [0, 0.05) is 0 Å². The summed E-state index contributed by atoms with van der Waals surface area (Å²) in [5.74, 6) is -0.552. The molecule has 0 unspecified atom stereocenters. The molecule has 0 amide bonds. The molecule has 4 nitrogen and oxygen atoms in total. The van der Waals surface area contributed by atoms with Gasteiger partial charge in [-0.3, -0.25) is 0 Å². The molecule has 0 aliphatic carbocycles. The second-order valence-electron chi connectivity index (χ2n) is 4.17. The van der Waals surface area contributed by atoms with Crippen molar-refractivity contribution in [2.45, 2.75) is 31.4 Å². The normalized spacial score (nSPS) is 11.4. The van der Waals surface area contributed by atoms with E-state index >= 15 is 0 Å². The van der Waals surface area contributed by atoms with Gasteiger partial charge in [-0.15, -0.1) is 11.8 Å². The summed E-state index contributed by atoms with van der Waals surface area (Å²) in [4.78, 5) is 19.6. The number of thioether (sulfide) groups is 1. The zero-order valence-corrected chi connectivity index (χ0v) is 12.2. The van der Waals surface area contributed by atoms with Gasteiger partial charge in [-0.2, -0.15) is 0 Å². The Morgan fingerprint density at radius 2 is 1.88 bits per heavy atom. The third-order valence-electron chi connectivity index (χ3n) is 1.60. The SMILES string of the molecule is CSc1nc(Cl)nc(Cl)c1C(=O)OC(C)(C)C. The highest BCUT2D eigenvalue weighted by Gasteiger charge is 2.25. The summed E-state index contributed by atoms with van der Waals surface area (Å²) in [6.45, 7) is 5.32. The maximum Gasteiger partial charge on any atom is 0.344 e. The van der Waals surface area contributed by atoms with Crippen LogP contribution in [0.4, 0.5) is 0 Å². The number of hydrogen-bond donors (Lipinski definition) is 0. The molecule has 0 saturated carbocycles. The second kappa shape index (κ2) is 5.42. The molecular formula is C10H12Cl2N2O2S. The largest absolute Gasteiger partial charge is 0.456 e. The van der Waals surface area contributed by atoms with E-state index in [-0.39, 0.29) is 16.0 Å². The molecule has 1 aromatic heterocycles. The van der Waals surface area contributed by atoms with Gasteiger partial charge in [-0.25, -0.2) is 14.8 Å². The van der Waals surface area contributed by atoms with E-state index in [1.54, 1.807) is 27.0 Å². The van der Waals surface area contributed by atoms with E-state index in [0.717, 1.165) is 0 Å². The smallest absolute Gasteiger partial charge is 0.344 e. The van der Waals surface area contributed by atoms with Crippen molar-refractivity contribution in [3.63, 3.8) is 0 Å². The van der Waals surface area contributed by atoms with E-state index in [9.17, 15) is 4.79 Å². The number of carbonyl (C=O) groups is 1. The maximum absolute atomic E-state index is 11.9. The number of carbonyl (C=O) groups excluding carboxylic acids is 1. The van der Waals surface area contributed by atoms with Gasteiger partial charge >= 0.3 is 5.97 Å². The summed E-state index contributed by atoms with van der Waals surface area (Å²) in [6.07, 6.45) is 1.77. The van der Waals surface area contributed by atoms with Gasteiger partial charge in [0.15, 0.2) is 0 Å². The molecule has 1 rings (SSSR count). The average Bonchev–Trinajstić information content (AvgIpc) is 2.12.